The lowest BCUT2D eigenvalue weighted by molar-refractivity contribution is -0.119. The van der Waals surface area contributed by atoms with Crippen LogP contribution in [0.2, 0.25) is 0 Å². The summed E-state index contributed by atoms with van der Waals surface area (Å²) in [5.74, 6) is 1.99. The van der Waals surface area contributed by atoms with Gasteiger partial charge in [-0.3, -0.25) is 9.69 Å². The summed E-state index contributed by atoms with van der Waals surface area (Å²) in [4.78, 5) is 23.2. The summed E-state index contributed by atoms with van der Waals surface area (Å²) >= 11 is 0. The summed E-state index contributed by atoms with van der Waals surface area (Å²) in [5, 5.41) is 2.99. The van der Waals surface area contributed by atoms with Crippen LogP contribution in [0.4, 0.5) is 0 Å². The van der Waals surface area contributed by atoms with Crippen LogP contribution in [0.5, 0.6) is 0 Å². The summed E-state index contributed by atoms with van der Waals surface area (Å²) in [6.45, 7) is 6.49. The maximum Gasteiger partial charge on any atom is 0.216 e. The van der Waals surface area contributed by atoms with E-state index >= 15 is 0 Å². The summed E-state index contributed by atoms with van der Waals surface area (Å²) in [7, 11) is 0. The topological polar surface area (TPSA) is 58.1 Å². The number of nitrogens with zero attached hydrogens (tertiary/aromatic N) is 3. The van der Waals surface area contributed by atoms with Gasteiger partial charge in [0.15, 0.2) is 0 Å². The van der Waals surface area contributed by atoms with Crippen LogP contribution in [0.25, 0.3) is 11.3 Å². The van der Waals surface area contributed by atoms with Gasteiger partial charge in [0.1, 0.15) is 5.82 Å². The highest BCUT2D eigenvalue weighted by molar-refractivity contribution is 5.72. The van der Waals surface area contributed by atoms with Crippen molar-refractivity contribution in [2.75, 3.05) is 19.6 Å². The average molecular weight is 350 g/mol. The number of fused-ring (bicyclic) bond motifs is 3. The maximum atomic E-state index is 11.2. The molecular weight excluding hydrogens is 324 g/mol. The molecule has 1 amide bonds. The first kappa shape index (κ1) is 17.2. The molecule has 0 aliphatic carbocycles. The third-order valence-corrected chi connectivity index (χ3v) is 5.77. The molecule has 0 radical (unpaired) electrons. The Kier molecular flexibility index (Phi) is 4.72. The number of aromatic nitrogens is 2. The van der Waals surface area contributed by atoms with Crippen LogP contribution in [0, 0.1) is 12.8 Å². The Morgan fingerprint density at radius 2 is 2.08 bits per heavy atom. The van der Waals surface area contributed by atoms with Crippen molar-refractivity contribution in [1.82, 2.24) is 20.2 Å². The molecule has 1 N–H and O–H groups in total. The molecule has 4 atom stereocenters. The van der Waals surface area contributed by atoms with Crippen LogP contribution in [-0.2, 0) is 4.79 Å². The van der Waals surface area contributed by atoms with E-state index in [0.717, 1.165) is 43.1 Å². The third-order valence-electron chi connectivity index (χ3n) is 5.77. The molecule has 136 valence electrons. The summed E-state index contributed by atoms with van der Waals surface area (Å²) in [6.07, 6.45) is 2.35. The lowest BCUT2D eigenvalue weighted by Crippen LogP contribution is -2.56. The van der Waals surface area contributed by atoms with Crippen molar-refractivity contribution in [3.63, 3.8) is 0 Å². The Balaban J connectivity index is 1.56. The Morgan fingerprint density at radius 1 is 1.27 bits per heavy atom. The highest BCUT2D eigenvalue weighted by Gasteiger charge is 2.41. The number of aryl methyl sites for hydroxylation is 1. The minimum Gasteiger partial charge on any atom is -0.355 e. The van der Waals surface area contributed by atoms with Crippen LogP contribution in [0.3, 0.4) is 0 Å². The molecule has 5 rings (SSSR count). The number of hydrogen-bond acceptors (Lipinski definition) is 4. The molecule has 26 heavy (non-hydrogen) atoms. The second-order valence-electron chi connectivity index (χ2n) is 7.57. The predicted molar refractivity (Wildman–Crippen MR) is 102 cm³/mol. The number of amides is 1. The van der Waals surface area contributed by atoms with Gasteiger partial charge in [0, 0.05) is 43.2 Å². The van der Waals surface area contributed by atoms with Crippen molar-refractivity contribution in [3.8, 4) is 11.3 Å². The molecule has 3 saturated heterocycles. The molecular formula is C21H26N4O. The van der Waals surface area contributed by atoms with Crippen LogP contribution >= 0.6 is 0 Å². The van der Waals surface area contributed by atoms with Gasteiger partial charge < -0.3 is 5.32 Å². The molecule has 5 heteroatoms. The van der Waals surface area contributed by atoms with Crippen molar-refractivity contribution in [3.05, 3.63) is 47.9 Å². The summed E-state index contributed by atoms with van der Waals surface area (Å²) in [6, 6.07) is 13.0. The highest BCUT2D eigenvalue weighted by Crippen LogP contribution is 2.41. The van der Waals surface area contributed by atoms with E-state index in [1.807, 2.05) is 25.1 Å². The maximum absolute atomic E-state index is 11.2. The third kappa shape index (κ3) is 3.49. The fraction of sp³-hybridized carbons (Fsp3) is 0.476. The van der Waals surface area contributed by atoms with E-state index in [-0.39, 0.29) is 5.91 Å². The molecule has 0 spiro atoms. The fourth-order valence-corrected chi connectivity index (χ4v) is 4.48. The fourth-order valence-electron chi connectivity index (χ4n) is 4.48. The molecule has 2 bridgehead atoms. The Labute approximate surface area is 154 Å². The van der Waals surface area contributed by atoms with Crippen molar-refractivity contribution < 1.29 is 4.79 Å². The van der Waals surface area contributed by atoms with Gasteiger partial charge in [0.25, 0.3) is 0 Å². The van der Waals surface area contributed by atoms with Gasteiger partial charge in [-0.2, -0.15) is 0 Å². The van der Waals surface area contributed by atoms with E-state index < -0.39 is 0 Å². The van der Waals surface area contributed by atoms with Gasteiger partial charge in [-0.1, -0.05) is 30.3 Å². The molecule has 3 aliphatic heterocycles. The van der Waals surface area contributed by atoms with Gasteiger partial charge in [-0.15, -0.1) is 0 Å². The van der Waals surface area contributed by atoms with Gasteiger partial charge >= 0.3 is 0 Å². The normalized spacial score (nSPS) is 27.3. The zero-order valence-electron chi connectivity index (χ0n) is 15.5. The van der Waals surface area contributed by atoms with E-state index in [1.165, 1.54) is 12.1 Å². The zero-order chi connectivity index (χ0) is 18.1. The summed E-state index contributed by atoms with van der Waals surface area (Å²) in [5.41, 5.74) is 3.33. The number of carbonyl (C=O) groups is 1. The molecule has 1 unspecified atom stereocenters. The first-order valence-electron chi connectivity index (χ1n) is 9.49. The lowest BCUT2D eigenvalue weighted by Gasteiger charge is -2.49. The molecule has 2 aromatic rings. The first-order chi connectivity index (χ1) is 12.6. The highest BCUT2D eigenvalue weighted by atomic mass is 16.1. The minimum atomic E-state index is 0.0584. The number of rotatable bonds is 4. The van der Waals surface area contributed by atoms with E-state index in [0.29, 0.717) is 17.9 Å². The quantitative estimate of drug-likeness (QED) is 0.921. The van der Waals surface area contributed by atoms with Gasteiger partial charge in [-0.05, 0) is 38.3 Å². The first-order valence-corrected chi connectivity index (χ1v) is 9.49. The molecule has 5 nitrogen and oxygen atoms in total. The number of carbonyl (C=O) groups excluding carboxylic acids is 1. The number of piperidine rings is 3. The van der Waals surface area contributed by atoms with Crippen molar-refractivity contribution in [1.29, 1.82) is 0 Å². The van der Waals surface area contributed by atoms with E-state index in [2.05, 4.69) is 33.4 Å². The molecule has 3 aliphatic rings. The molecule has 4 heterocycles. The smallest absolute Gasteiger partial charge is 0.216 e. The largest absolute Gasteiger partial charge is 0.355 e. The Morgan fingerprint density at radius 3 is 2.77 bits per heavy atom. The standard InChI is InChI=1S/C21H26N4O/c1-14-23-20(16-6-4-3-5-7-16)11-21(24-14)19-13-25-9-8-17(19)10-18(25)12-22-15(2)26/h3-7,11,17-19H,8-10,12-13H2,1-2H3,(H,22,26)/t17-,18+,19+/m0/s1. The van der Waals surface area contributed by atoms with Gasteiger partial charge in [0.05, 0.1) is 5.69 Å². The van der Waals surface area contributed by atoms with Gasteiger partial charge in [0.2, 0.25) is 5.91 Å². The van der Waals surface area contributed by atoms with Gasteiger partial charge in [-0.25, -0.2) is 9.97 Å². The van der Waals surface area contributed by atoms with Crippen LogP contribution in [0.1, 0.15) is 37.2 Å². The SMILES string of the molecule is CC(=O)NC[C@H]1C[C@@H]2CCN1C[C@H]2c1cc(-c2ccccc2)nc(C)n1. The lowest BCUT2D eigenvalue weighted by atomic mass is 9.74. The van der Waals surface area contributed by atoms with E-state index in [1.54, 1.807) is 6.92 Å². The molecule has 3 fully saturated rings. The second kappa shape index (κ2) is 7.16. The Hall–Kier alpha value is -2.27. The zero-order valence-corrected chi connectivity index (χ0v) is 15.5. The van der Waals surface area contributed by atoms with Crippen molar-refractivity contribution in [2.45, 2.75) is 38.6 Å². The monoisotopic (exact) mass is 350 g/mol. The number of benzene rings is 1. The molecule has 1 aromatic heterocycles. The van der Waals surface area contributed by atoms with Crippen LogP contribution in [0.15, 0.2) is 36.4 Å². The van der Waals surface area contributed by atoms with Crippen LogP contribution in [-0.4, -0.2) is 46.5 Å². The minimum absolute atomic E-state index is 0.0584. The van der Waals surface area contributed by atoms with Crippen molar-refractivity contribution >= 4 is 5.91 Å². The van der Waals surface area contributed by atoms with E-state index in [4.69, 9.17) is 4.98 Å². The number of hydrogen-bond donors (Lipinski definition) is 1. The molecule has 1 aromatic carbocycles. The summed E-state index contributed by atoms with van der Waals surface area (Å²) < 4.78 is 0. The van der Waals surface area contributed by atoms with Crippen molar-refractivity contribution in [2.24, 2.45) is 5.92 Å². The predicted octanol–water partition coefficient (Wildman–Crippen LogP) is 2.77. The number of nitrogens with one attached hydrogen (secondary N) is 1. The second-order valence-corrected chi connectivity index (χ2v) is 7.57. The average Bonchev–Trinajstić information content (AvgIpc) is 2.67. The Bertz CT molecular complexity index is 792. The van der Waals surface area contributed by atoms with Crippen LogP contribution < -0.4 is 5.32 Å². The van der Waals surface area contributed by atoms with E-state index in [9.17, 15) is 4.79 Å². The molecule has 0 saturated carbocycles.